The van der Waals surface area contributed by atoms with E-state index in [9.17, 15) is 9.90 Å². The maximum Gasteiger partial charge on any atom is 0.308 e. The Balaban J connectivity index is 4.13. The van der Waals surface area contributed by atoms with Gasteiger partial charge in [-0.3, -0.25) is 4.79 Å². The molecule has 0 aliphatic carbocycles. The van der Waals surface area contributed by atoms with Gasteiger partial charge in [-0.25, -0.2) is 0 Å². The van der Waals surface area contributed by atoms with E-state index >= 15 is 0 Å². The largest absolute Gasteiger partial charge is 0.462 e. The van der Waals surface area contributed by atoms with Gasteiger partial charge < -0.3 is 9.84 Å². The van der Waals surface area contributed by atoms with Gasteiger partial charge in [-0.1, -0.05) is 26.0 Å². The molecule has 1 N–H and O–H groups in total. The number of hydrogen-bond acceptors (Lipinski definition) is 3. The summed E-state index contributed by atoms with van der Waals surface area (Å²) in [5, 5.41) is 9.54. The number of ether oxygens (including phenoxy) is 1. The SMILES string of the molecule is C=CC[C@@H](C)OC(=O)C(C)CC(C)[C@@H](O)C=C. The summed E-state index contributed by atoms with van der Waals surface area (Å²) in [6, 6.07) is 0. The predicted molar refractivity (Wildman–Crippen MR) is 69.5 cm³/mol. The molecule has 0 rings (SSSR count). The van der Waals surface area contributed by atoms with E-state index in [1.807, 2.05) is 20.8 Å². The van der Waals surface area contributed by atoms with Crippen LogP contribution < -0.4 is 0 Å². The molecule has 0 aliphatic heterocycles. The van der Waals surface area contributed by atoms with Crippen LogP contribution in [0.1, 0.15) is 33.6 Å². The Morgan fingerprint density at radius 3 is 2.41 bits per heavy atom. The molecule has 2 unspecified atom stereocenters. The lowest BCUT2D eigenvalue weighted by Crippen LogP contribution is -2.25. The second-order valence-electron chi connectivity index (χ2n) is 4.61. The van der Waals surface area contributed by atoms with Crippen molar-refractivity contribution in [3.63, 3.8) is 0 Å². The molecule has 98 valence electrons. The summed E-state index contributed by atoms with van der Waals surface area (Å²) in [6.45, 7) is 12.7. The third-order valence-electron chi connectivity index (χ3n) is 2.77. The maximum absolute atomic E-state index is 11.7. The van der Waals surface area contributed by atoms with Crippen LogP contribution in [0.5, 0.6) is 0 Å². The molecule has 0 saturated carbocycles. The zero-order valence-corrected chi connectivity index (χ0v) is 11.1. The van der Waals surface area contributed by atoms with Crippen molar-refractivity contribution in [2.45, 2.75) is 45.8 Å². The van der Waals surface area contributed by atoms with Crippen molar-refractivity contribution in [1.29, 1.82) is 0 Å². The first-order valence-corrected chi connectivity index (χ1v) is 6.04. The van der Waals surface area contributed by atoms with Gasteiger partial charge in [-0.15, -0.1) is 13.2 Å². The molecule has 0 aromatic carbocycles. The Labute approximate surface area is 104 Å². The number of carbonyl (C=O) groups excluding carboxylic acids is 1. The highest BCUT2D eigenvalue weighted by Gasteiger charge is 2.22. The first kappa shape index (κ1) is 15.9. The molecular weight excluding hydrogens is 216 g/mol. The van der Waals surface area contributed by atoms with E-state index < -0.39 is 6.10 Å². The lowest BCUT2D eigenvalue weighted by atomic mass is 9.93. The average Bonchev–Trinajstić information content (AvgIpc) is 2.27. The van der Waals surface area contributed by atoms with Crippen molar-refractivity contribution < 1.29 is 14.6 Å². The van der Waals surface area contributed by atoms with E-state index in [-0.39, 0.29) is 23.9 Å². The molecule has 0 heterocycles. The number of aliphatic hydroxyl groups is 1. The van der Waals surface area contributed by atoms with Gasteiger partial charge in [0.1, 0.15) is 6.10 Å². The Hall–Kier alpha value is -1.09. The van der Waals surface area contributed by atoms with Gasteiger partial charge >= 0.3 is 5.97 Å². The van der Waals surface area contributed by atoms with Crippen LogP contribution in [0.3, 0.4) is 0 Å². The number of carbonyl (C=O) groups is 1. The van der Waals surface area contributed by atoms with E-state index in [2.05, 4.69) is 13.2 Å². The summed E-state index contributed by atoms with van der Waals surface area (Å²) in [6.07, 6.45) is 3.75. The van der Waals surface area contributed by atoms with Gasteiger partial charge in [0.2, 0.25) is 0 Å². The zero-order valence-electron chi connectivity index (χ0n) is 11.1. The summed E-state index contributed by atoms with van der Waals surface area (Å²) < 4.78 is 5.25. The number of rotatable bonds is 8. The monoisotopic (exact) mass is 240 g/mol. The van der Waals surface area contributed by atoms with Crippen LogP contribution in [-0.2, 0) is 9.53 Å². The topological polar surface area (TPSA) is 46.5 Å². The average molecular weight is 240 g/mol. The minimum atomic E-state index is -0.573. The third kappa shape index (κ3) is 6.27. The van der Waals surface area contributed by atoms with Gasteiger partial charge in [0, 0.05) is 6.42 Å². The number of hydrogen-bond donors (Lipinski definition) is 1. The summed E-state index contributed by atoms with van der Waals surface area (Å²) in [4.78, 5) is 11.7. The van der Waals surface area contributed by atoms with Crippen molar-refractivity contribution in [3.05, 3.63) is 25.3 Å². The molecule has 3 nitrogen and oxygen atoms in total. The van der Waals surface area contributed by atoms with Crippen LogP contribution in [0.4, 0.5) is 0 Å². The van der Waals surface area contributed by atoms with Crippen molar-refractivity contribution in [1.82, 2.24) is 0 Å². The highest BCUT2D eigenvalue weighted by atomic mass is 16.5. The van der Waals surface area contributed by atoms with Gasteiger partial charge in [0.25, 0.3) is 0 Å². The van der Waals surface area contributed by atoms with Crippen molar-refractivity contribution in [2.24, 2.45) is 11.8 Å². The lowest BCUT2D eigenvalue weighted by Gasteiger charge is -2.20. The molecule has 4 atom stereocenters. The van der Waals surface area contributed by atoms with Crippen LogP contribution in [0.25, 0.3) is 0 Å². The summed E-state index contributed by atoms with van der Waals surface area (Å²) in [5.74, 6) is -0.431. The van der Waals surface area contributed by atoms with Gasteiger partial charge in [-0.05, 0) is 19.3 Å². The molecule has 0 aromatic heterocycles. The van der Waals surface area contributed by atoms with Gasteiger partial charge in [-0.2, -0.15) is 0 Å². The third-order valence-corrected chi connectivity index (χ3v) is 2.77. The molecule has 0 bridgehead atoms. The predicted octanol–water partition coefficient (Wildman–Crippen LogP) is 2.70. The summed E-state index contributed by atoms with van der Waals surface area (Å²) in [7, 11) is 0. The smallest absolute Gasteiger partial charge is 0.308 e. The summed E-state index contributed by atoms with van der Waals surface area (Å²) >= 11 is 0. The first-order chi connectivity index (χ1) is 7.92. The standard InChI is InChI=1S/C14H24O3/c1-6-8-12(5)17-14(16)11(4)9-10(3)13(15)7-2/h6-7,10-13,15H,1-2,8-9H2,3-5H3/t10?,11?,12-,13+/m1/s1. The zero-order chi connectivity index (χ0) is 13.4. The fourth-order valence-corrected chi connectivity index (χ4v) is 1.62. The van der Waals surface area contributed by atoms with Crippen molar-refractivity contribution in [3.8, 4) is 0 Å². The van der Waals surface area contributed by atoms with Crippen LogP contribution in [0, 0.1) is 11.8 Å². The molecule has 0 aliphatic rings. The second kappa shape index (κ2) is 8.07. The van der Waals surface area contributed by atoms with E-state index in [4.69, 9.17) is 4.74 Å². The Bertz CT molecular complexity index is 260. The Kier molecular flexibility index (Phi) is 7.55. The normalized spacial score (nSPS) is 17.6. The molecule has 0 amide bonds. The fraction of sp³-hybridized carbons (Fsp3) is 0.643. The fourth-order valence-electron chi connectivity index (χ4n) is 1.62. The Morgan fingerprint density at radius 1 is 1.35 bits per heavy atom. The highest BCUT2D eigenvalue weighted by molar-refractivity contribution is 5.72. The lowest BCUT2D eigenvalue weighted by molar-refractivity contribution is -0.153. The molecule has 0 spiro atoms. The molecule has 0 fully saturated rings. The second-order valence-corrected chi connectivity index (χ2v) is 4.61. The molecule has 3 heteroatoms. The van der Waals surface area contributed by atoms with Crippen LogP contribution in [0.15, 0.2) is 25.3 Å². The van der Waals surface area contributed by atoms with Crippen LogP contribution in [-0.4, -0.2) is 23.3 Å². The molecular formula is C14H24O3. The Morgan fingerprint density at radius 2 is 1.94 bits per heavy atom. The quantitative estimate of drug-likeness (QED) is 0.524. The minimum absolute atomic E-state index is 0.00441. The maximum atomic E-state index is 11.7. The molecule has 0 aromatic rings. The molecule has 0 radical (unpaired) electrons. The first-order valence-electron chi connectivity index (χ1n) is 6.04. The molecule has 17 heavy (non-hydrogen) atoms. The van der Waals surface area contributed by atoms with E-state index in [0.29, 0.717) is 12.8 Å². The number of esters is 1. The van der Waals surface area contributed by atoms with Gasteiger partial charge in [0.15, 0.2) is 0 Å². The van der Waals surface area contributed by atoms with Crippen molar-refractivity contribution in [2.75, 3.05) is 0 Å². The highest BCUT2D eigenvalue weighted by Crippen LogP contribution is 2.18. The summed E-state index contributed by atoms with van der Waals surface area (Å²) in [5.41, 5.74) is 0. The van der Waals surface area contributed by atoms with Crippen LogP contribution >= 0.6 is 0 Å². The van der Waals surface area contributed by atoms with Gasteiger partial charge in [0.05, 0.1) is 12.0 Å². The van der Waals surface area contributed by atoms with E-state index in [1.165, 1.54) is 6.08 Å². The van der Waals surface area contributed by atoms with E-state index in [0.717, 1.165) is 0 Å². The number of aliphatic hydroxyl groups excluding tert-OH is 1. The minimum Gasteiger partial charge on any atom is -0.462 e. The van der Waals surface area contributed by atoms with Crippen LogP contribution in [0.2, 0.25) is 0 Å². The molecule has 0 saturated heterocycles. The van der Waals surface area contributed by atoms with E-state index in [1.54, 1.807) is 6.08 Å². The van der Waals surface area contributed by atoms with Crippen molar-refractivity contribution >= 4 is 5.97 Å².